The van der Waals surface area contributed by atoms with Gasteiger partial charge in [0.05, 0.1) is 11.6 Å². The minimum Gasteiger partial charge on any atom is -0.321 e. The second kappa shape index (κ2) is 9.03. The summed E-state index contributed by atoms with van der Waals surface area (Å²) in [5.74, 6) is -0.969. The first-order valence-corrected chi connectivity index (χ1v) is 9.59. The van der Waals surface area contributed by atoms with Crippen LogP contribution in [0, 0.1) is 22.7 Å². The third-order valence-corrected chi connectivity index (χ3v) is 5.24. The lowest BCUT2D eigenvalue weighted by molar-refractivity contribution is -0.115. The monoisotopic (exact) mass is 420 g/mol. The summed E-state index contributed by atoms with van der Waals surface area (Å²) in [6.45, 7) is 0. The molecule has 3 aromatic rings. The standard InChI is InChI=1S/C21H13ClN4O2S/c22-14-6-8-15(9-7-14)25-20(28)19-18(13-4-2-1-3-5-13)16(12-24)21(29-19)26-17(27)10-11-23/h1-9H,10H2,(H,25,28)(H,26,27). The minimum atomic E-state index is -0.547. The van der Waals surface area contributed by atoms with Crippen LogP contribution in [0.4, 0.5) is 10.7 Å². The Morgan fingerprint density at radius 1 is 1.00 bits per heavy atom. The van der Waals surface area contributed by atoms with Gasteiger partial charge in [-0.25, -0.2) is 0 Å². The van der Waals surface area contributed by atoms with Crippen LogP contribution in [0.3, 0.4) is 0 Å². The summed E-state index contributed by atoms with van der Waals surface area (Å²) >= 11 is 6.87. The van der Waals surface area contributed by atoms with Crippen LogP contribution in [0.15, 0.2) is 54.6 Å². The molecule has 0 aliphatic heterocycles. The van der Waals surface area contributed by atoms with Crippen molar-refractivity contribution in [2.24, 2.45) is 0 Å². The van der Waals surface area contributed by atoms with Crippen molar-refractivity contribution in [2.45, 2.75) is 6.42 Å². The Balaban J connectivity index is 2.06. The maximum Gasteiger partial charge on any atom is 0.266 e. The molecule has 0 atom stereocenters. The fourth-order valence-electron chi connectivity index (χ4n) is 2.63. The first kappa shape index (κ1) is 20.1. The van der Waals surface area contributed by atoms with Gasteiger partial charge in [-0.2, -0.15) is 10.5 Å². The summed E-state index contributed by atoms with van der Waals surface area (Å²) in [5.41, 5.74) is 1.81. The van der Waals surface area contributed by atoms with Crippen LogP contribution in [0.1, 0.15) is 21.7 Å². The highest BCUT2D eigenvalue weighted by Gasteiger charge is 2.25. The molecule has 0 bridgehead atoms. The fraction of sp³-hybridized carbons (Fsp3) is 0.0476. The highest BCUT2D eigenvalue weighted by molar-refractivity contribution is 7.19. The molecule has 1 heterocycles. The summed E-state index contributed by atoms with van der Waals surface area (Å²) in [5, 5.41) is 24.5. The number of hydrogen-bond donors (Lipinski definition) is 2. The summed E-state index contributed by atoms with van der Waals surface area (Å²) in [7, 11) is 0. The number of carbonyl (C=O) groups excluding carboxylic acids is 2. The van der Waals surface area contributed by atoms with Crippen molar-refractivity contribution >= 4 is 45.4 Å². The van der Waals surface area contributed by atoms with Crippen molar-refractivity contribution in [1.29, 1.82) is 10.5 Å². The summed E-state index contributed by atoms with van der Waals surface area (Å²) in [6, 6.07) is 19.4. The van der Waals surface area contributed by atoms with Crippen molar-refractivity contribution in [3.63, 3.8) is 0 Å². The van der Waals surface area contributed by atoms with Crippen molar-refractivity contribution < 1.29 is 9.59 Å². The number of rotatable bonds is 5. The molecule has 8 heteroatoms. The normalized spacial score (nSPS) is 9.90. The number of amides is 2. The Labute approximate surface area is 176 Å². The largest absolute Gasteiger partial charge is 0.321 e. The number of benzene rings is 2. The maximum atomic E-state index is 13.0. The van der Waals surface area contributed by atoms with Gasteiger partial charge in [0.1, 0.15) is 22.4 Å². The van der Waals surface area contributed by atoms with Gasteiger partial charge in [0.25, 0.3) is 5.91 Å². The third kappa shape index (κ3) is 4.61. The van der Waals surface area contributed by atoms with Crippen molar-refractivity contribution in [3.8, 4) is 23.3 Å². The predicted molar refractivity (Wildman–Crippen MR) is 113 cm³/mol. The highest BCUT2D eigenvalue weighted by Crippen LogP contribution is 2.40. The molecule has 1 aromatic heterocycles. The van der Waals surface area contributed by atoms with Gasteiger partial charge in [0.2, 0.25) is 5.91 Å². The van der Waals surface area contributed by atoms with E-state index in [-0.39, 0.29) is 21.9 Å². The van der Waals surface area contributed by atoms with Gasteiger partial charge >= 0.3 is 0 Å². The van der Waals surface area contributed by atoms with Crippen LogP contribution in [-0.2, 0) is 4.79 Å². The summed E-state index contributed by atoms with van der Waals surface area (Å²) in [6.07, 6.45) is -0.351. The number of thiophene rings is 1. The molecular formula is C21H13ClN4O2S. The molecule has 2 amide bonds. The fourth-order valence-corrected chi connectivity index (χ4v) is 3.84. The van der Waals surface area contributed by atoms with Gasteiger partial charge in [-0.05, 0) is 29.8 Å². The number of hydrogen-bond acceptors (Lipinski definition) is 5. The Kier molecular flexibility index (Phi) is 6.25. The number of nitrogens with zero attached hydrogens (tertiary/aromatic N) is 2. The zero-order chi connectivity index (χ0) is 20.8. The lowest BCUT2D eigenvalue weighted by Gasteiger charge is -2.07. The second-order valence-corrected chi connectivity index (χ2v) is 7.29. The first-order chi connectivity index (χ1) is 14.0. The molecule has 0 spiro atoms. The van der Waals surface area contributed by atoms with E-state index >= 15 is 0 Å². The van der Waals surface area contributed by atoms with E-state index in [1.165, 1.54) is 0 Å². The molecule has 2 aromatic carbocycles. The van der Waals surface area contributed by atoms with Crippen LogP contribution in [0.2, 0.25) is 5.02 Å². The zero-order valence-corrected chi connectivity index (χ0v) is 16.5. The van der Waals surface area contributed by atoms with Gasteiger partial charge in [0.15, 0.2) is 0 Å². The molecule has 29 heavy (non-hydrogen) atoms. The van der Waals surface area contributed by atoms with Crippen LogP contribution in [-0.4, -0.2) is 11.8 Å². The molecule has 2 N–H and O–H groups in total. The highest BCUT2D eigenvalue weighted by atomic mass is 35.5. The van der Waals surface area contributed by atoms with Gasteiger partial charge in [-0.15, -0.1) is 11.3 Å². The smallest absolute Gasteiger partial charge is 0.266 e. The average molecular weight is 421 g/mol. The number of nitriles is 2. The zero-order valence-electron chi connectivity index (χ0n) is 14.9. The topological polar surface area (TPSA) is 106 Å². The molecule has 0 unspecified atom stereocenters. The molecule has 142 valence electrons. The van der Waals surface area contributed by atoms with E-state index in [0.717, 1.165) is 11.3 Å². The third-order valence-electron chi connectivity index (χ3n) is 3.88. The Morgan fingerprint density at radius 3 is 2.31 bits per heavy atom. The second-order valence-electron chi connectivity index (χ2n) is 5.83. The summed E-state index contributed by atoms with van der Waals surface area (Å²) < 4.78 is 0. The Hall–Kier alpha value is -3.65. The molecular weight excluding hydrogens is 408 g/mol. The number of halogens is 1. The minimum absolute atomic E-state index is 0.175. The van der Waals surface area contributed by atoms with E-state index < -0.39 is 11.8 Å². The average Bonchev–Trinajstić information content (AvgIpc) is 3.08. The lowest BCUT2D eigenvalue weighted by atomic mass is 10.0. The molecule has 3 rings (SSSR count). The van der Waals surface area contributed by atoms with E-state index in [0.29, 0.717) is 21.8 Å². The first-order valence-electron chi connectivity index (χ1n) is 8.39. The quantitative estimate of drug-likeness (QED) is 0.602. The molecule has 0 radical (unpaired) electrons. The van der Waals surface area contributed by atoms with E-state index in [4.69, 9.17) is 16.9 Å². The van der Waals surface area contributed by atoms with Gasteiger partial charge in [-0.1, -0.05) is 41.9 Å². The molecule has 6 nitrogen and oxygen atoms in total. The van der Waals surface area contributed by atoms with Crippen LogP contribution in [0.5, 0.6) is 0 Å². The Morgan fingerprint density at radius 2 is 1.69 bits per heavy atom. The SMILES string of the molecule is N#CCC(=O)Nc1sc(C(=O)Nc2ccc(Cl)cc2)c(-c2ccccc2)c1C#N. The van der Waals surface area contributed by atoms with Gasteiger partial charge in [0, 0.05) is 16.3 Å². The number of carbonyl (C=O) groups is 2. The van der Waals surface area contributed by atoms with E-state index in [1.807, 2.05) is 6.07 Å². The van der Waals surface area contributed by atoms with Crippen LogP contribution < -0.4 is 10.6 Å². The molecule has 0 fully saturated rings. The number of anilines is 2. The van der Waals surface area contributed by atoms with Gasteiger partial charge in [-0.3, -0.25) is 9.59 Å². The summed E-state index contributed by atoms with van der Waals surface area (Å²) in [4.78, 5) is 25.1. The van der Waals surface area contributed by atoms with Crippen LogP contribution in [0.25, 0.3) is 11.1 Å². The van der Waals surface area contributed by atoms with E-state index in [2.05, 4.69) is 16.7 Å². The molecule has 0 saturated carbocycles. The predicted octanol–water partition coefficient (Wildman–Crippen LogP) is 5.04. The van der Waals surface area contributed by atoms with E-state index in [9.17, 15) is 14.9 Å². The van der Waals surface area contributed by atoms with Crippen LogP contribution >= 0.6 is 22.9 Å². The van der Waals surface area contributed by atoms with Crippen molar-refractivity contribution in [3.05, 3.63) is 70.1 Å². The molecule has 0 saturated heterocycles. The van der Waals surface area contributed by atoms with Crippen molar-refractivity contribution in [1.82, 2.24) is 0 Å². The van der Waals surface area contributed by atoms with Gasteiger partial charge < -0.3 is 10.6 Å². The molecule has 0 aliphatic rings. The Bertz CT molecular complexity index is 1140. The molecule has 0 aliphatic carbocycles. The maximum absolute atomic E-state index is 13.0. The lowest BCUT2D eigenvalue weighted by Crippen LogP contribution is -2.11. The number of nitrogens with one attached hydrogen (secondary N) is 2. The van der Waals surface area contributed by atoms with Crippen molar-refractivity contribution in [2.75, 3.05) is 10.6 Å². The van der Waals surface area contributed by atoms with E-state index in [1.54, 1.807) is 54.6 Å².